The summed E-state index contributed by atoms with van der Waals surface area (Å²) in [6, 6.07) is 7.69. The molecule has 3 nitrogen and oxygen atoms in total. The van der Waals surface area contributed by atoms with Gasteiger partial charge in [-0.2, -0.15) is 5.26 Å². The number of rotatable bonds is 6. The molecule has 1 N–H and O–H groups in total. The fourth-order valence-corrected chi connectivity index (χ4v) is 1.84. The first-order valence-electron chi connectivity index (χ1n) is 5.62. The third-order valence-corrected chi connectivity index (χ3v) is 2.86. The minimum absolute atomic E-state index is 0.554. The van der Waals surface area contributed by atoms with E-state index in [0.29, 0.717) is 18.8 Å². The molecule has 4 heteroatoms. The van der Waals surface area contributed by atoms with E-state index in [2.05, 4.69) is 22.0 Å². The molecule has 1 atom stereocenters. The van der Waals surface area contributed by atoms with E-state index in [1.807, 2.05) is 18.2 Å². The number of hydrogen-bond donors (Lipinski definition) is 1. The fraction of sp³-hybridized carbons (Fsp3) is 0.462. The average Bonchev–Trinajstić information content (AvgIpc) is 2.30. The molecule has 0 aromatic heterocycles. The average molecular weight is 298 g/mol. The Kier molecular flexibility index (Phi) is 6.03. The summed E-state index contributed by atoms with van der Waals surface area (Å²) in [5.74, 6) is 0.708. The molecule has 0 aliphatic heterocycles. The van der Waals surface area contributed by atoms with Crippen LogP contribution in [-0.4, -0.2) is 11.7 Å². The third kappa shape index (κ3) is 4.76. The highest BCUT2D eigenvalue weighted by Gasteiger charge is 2.09. The first-order valence-corrected chi connectivity index (χ1v) is 6.41. The smallest absolute Gasteiger partial charge is 0.125 e. The van der Waals surface area contributed by atoms with Crippen LogP contribution in [0.1, 0.15) is 37.9 Å². The van der Waals surface area contributed by atoms with Crippen LogP contribution in [0, 0.1) is 11.3 Å². The van der Waals surface area contributed by atoms with Crippen molar-refractivity contribution in [3.05, 3.63) is 28.2 Å². The highest BCUT2D eigenvalue weighted by molar-refractivity contribution is 9.10. The second kappa shape index (κ2) is 7.31. The van der Waals surface area contributed by atoms with Gasteiger partial charge in [0, 0.05) is 16.5 Å². The highest BCUT2D eigenvalue weighted by atomic mass is 79.9. The Balaban J connectivity index is 2.55. The number of aliphatic hydroxyl groups excluding tert-OH is 1. The molecule has 0 aliphatic rings. The number of halogens is 1. The lowest BCUT2D eigenvalue weighted by atomic mass is 10.1. The van der Waals surface area contributed by atoms with Crippen molar-refractivity contribution in [2.24, 2.45) is 0 Å². The van der Waals surface area contributed by atoms with E-state index in [1.54, 1.807) is 6.92 Å². The Bertz CT molecular complexity index is 399. The van der Waals surface area contributed by atoms with Gasteiger partial charge in [0.2, 0.25) is 0 Å². The number of nitrogens with zero attached hydrogens (tertiary/aromatic N) is 1. The maximum atomic E-state index is 9.63. The van der Waals surface area contributed by atoms with Crippen molar-refractivity contribution < 1.29 is 9.84 Å². The minimum Gasteiger partial charge on any atom is -0.493 e. The molecular weight excluding hydrogens is 282 g/mol. The minimum atomic E-state index is -0.554. The molecule has 0 spiro atoms. The van der Waals surface area contributed by atoms with Gasteiger partial charge in [-0.1, -0.05) is 15.9 Å². The zero-order valence-electron chi connectivity index (χ0n) is 9.82. The Morgan fingerprint density at radius 3 is 2.88 bits per heavy atom. The van der Waals surface area contributed by atoms with Gasteiger partial charge in [-0.25, -0.2) is 0 Å². The summed E-state index contributed by atoms with van der Waals surface area (Å²) >= 11 is 3.36. The molecule has 0 unspecified atom stereocenters. The molecule has 0 saturated heterocycles. The van der Waals surface area contributed by atoms with E-state index in [-0.39, 0.29) is 0 Å². The summed E-state index contributed by atoms with van der Waals surface area (Å²) in [7, 11) is 0. The topological polar surface area (TPSA) is 53.2 Å². The van der Waals surface area contributed by atoms with Crippen molar-refractivity contribution >= 4 is 15.9 Å². The van der Waals surface area contributed by atoms with Crippen LogP contribution in [0.15, 0.2) is 22.7 Å². The molecule has 0 saturated carbocycles. The first kappa shape index (κ1) is 14.0. The molecule has 1 aromatic carbocycles. The summed E-state index contributed by atoms with van der Waals surface area (Å²) in [6.07, 6.45) is 1.70. The fourth-order valence-electron chi connectivity index (χ4n) is 1.47. The molecule has 1 aromatic rings. The summed E-state index contributed by atoms with van der Waals surface area (Å²) in [4.78, 5) is 0. The number of aliphatic hydroxyl groups is 1. The van der Waals surface area contributed by atoms with E-state index >= 15 is 0 Å². The van der Waals surface area contributed by atoms with Gasteiger partial charge < -0.3 is 9.84 Å². The van der Waals surface area contributed by atoms with Crippen LogP contribution in [0.4, 0.5) is 0 Å². The summed E-state index contributed by atoms with van der Waals surface area (Å²) < 4.78 is 6.53. The van der Waals surface area contributed by atoms with Crippen LogP contribution >= 0.6 is 15.9 Å². The zero-order valence-corrected chi connectivity index (χ0v) is 11.4. The molecule has 92 valence electrons. The largest absolute Gasteiger partial charge is 0.493 e. The molecular formula is C13H16BrNO2. The van der Waals surface area contributed by atoms with E-state index < -0.39 is 6.10 Å². The van der Waals surface area contributed by atoms with Crippen LogP contribution in [0.5, 0.6) is 5.75 Å². The van der Waals surface area contributed by atoms with Gasteiger partial charge in [0.25, 0.3) is 0 Å². The quantitative estimate of drug-likeness (QED) is 0.817. The number of unbranched alkanes of at least 4 members (excludes halogenated alkanes) is 2. The van der Waals surface area contributed by atoms with Gasteiger partial charge in [-0.05, 0) is 38.0 Å². The molecule has 0 amide bonds. The highest BCUT2D eigenvalue weighted by Crippen LogP contribution is 2.28. The molecule has 0 radical (unpaired) electrons. The first-order chi connectivity index (χ1) is 8.15. The number of nitriles is 1. The van der Waals surface area contributed by atoms with Gasteiger partial charge in [0.05, 0.1) is 18.8 Å². The van der Waals surface area contributed by atoms with Crippen LogP contribution in [-0.2, 0) is 0 Å². The van der Waals surface area contributed by atoms with E-state index in [0.717, 1.165) is 22.9 Å². The van der Waals surface area contributed by atoms with Crippen LogP contribution in [0.2, 0.25) is 0 Å². The molecule has 17 heavy (non-hydrogen) atoms. The van der Waals surface area contributed by atoms with E-state index in [1.165, 1.54) is 0 Å². The summed E-state index contributed by atoms with van der Waals surface area (Å²) in [5, 5.41) is 18.0. The van der Waals surface area contributed by atoms with Crippen molar-refractivity contribution in [3.8, 4) is 11.8 Å². The zero-order chi connectivity index (χ0) is 12.7. The van der Waals surface area contributed by atoms with Crippen molar-refractivity contribution in [1.29, 1.82) is 5.26 Å². The molecule has 0 heterocycles. The Morgan fingerprint density at radius 1 is 1.47 bits per heavy atom. The molecule has 0 fully saturated rings. The Hall–Kier alpha value is -1.05. The lowest BCUT2D eigenvalue weighted by Gasteiger charge is -2.13. The van der Waals surface area contributed by atoms with Crippen LogP contribution in [0.25, 0.3) is 0 Å². The number of ether oxygens (including phenoxy) is 1. The lowest BCUT2D eigenvalue weighted by molar-refractivity contribution is 0.190. The Morgan fingerprint density at radius 2 is 2.24 bits per heavy atom. The lowest BCUT2D eigenvalue weighted by Crippen LogP contribution is -2.02. The summed E-state index contributed by atoms with van der Waals surface area (Å²) in [5.41, 5.74) is 0.777. The monoisotopic (exact) mass is 297 g/mol. The Labute approximate surface area is 110 Å². The van der Waals surface area contributed by atoms with Gasteiger partial charge in [0.15, 0.2) is 0 Å². The third-order valence-electron chi connectivity index (χ3n) is 2.36. The standard InChI is InChI=1S/C13H16BrNO2/c1-10(16)12-9-11(14)5-6-13(12)17-8-4-2-3-7-15/h5-6,9-10,16H,2-4,8H2,1H3/t10-/m0/s1. The van der Waals surface area contributed by atoms with Gasteiger partial charge in [0.1, 0.15) is 5.75 Å². The number of hydrogen-bond acceptors (Lipinski definition) is 3. The van der Waals surface area contributed by atoms with Gasteiger partial charge in [-0.3, -0.25) is 0 Å². The van der Waals surface area contributed by atoms with Gasteiger partial charge >= 0.3 is 0 Å². The molecule has 0 bridgehead atoms. The normalized spacial score (nSPS) is 11.9. The maximum Gasteiger partial charge on any atom is 0.125 e. The van der Waals surface area contributed by atoms with Crippen molar-refractivity contribution in [1.82, 2.24) is 0 Å². The predicted molar refractivity (Wildman–Crippen MR) is 69.7 cm³/mol. The molecule has 0 aliphatic carbocycles. The second-order valence-corrected chi connectivity index (χ2v) is 4.74. The van der Waals surface area contributed by atoms with Crippen LogP contribution in [0.3, 0.4) is 0 Å². The van der Waals surface area contributed by atoms with Crippen molar-refractivity contribution in [2.75, 3.05) is 6.61 Å². The van der Waals surface area contributed by atoms with E-state index in [9.17, 15) is 5.11 Å². The number of benzene rings is 1. The SMILES string of the molecule is C[C@H](O)c1cc(Br)ccc1OCCCCC#N. The predicted octanol–water partition coefficient (Wildman–Crippen LogP) is 3.58. The second-order valence-electron chi connectivity index (χ2n) is 3.82. The maximum absolute atomic E-state index is 9.63. The van der Waals surface area contributed by atoms with E-state index in [4.69, 9.17) is 10.00 Å². The van der Waals surface area contributed by atoms with Crippen molar-refractivity contribution in [3.63, 3.8) is 0 Å². The summed E-state index contributed by atoms with van der Waals surface area (Å²) in [6.45, 7) is 2.29. The molecule has 1 rings (SSSR count). The van der Waals surface area contributed by atoms with Crippen LogP contribution < -0.4 is 4.74 Å². The van der Waals surface area contributed by atoms with Gasteiger partial charge in [-0.15, -0.1) is 0 Å². The van der Waals surface area contributed by atoms with Crippen molar-refractivity contribution in [2.45, 2.75) is 32.3 Å².